The van der Waals surface area contributed by atoms with Crippen LogP contribution in [0.25, 0.3) is 10.1 Å². The Morgan fingerprint density at radius 1 is 1.45 bits per heavy atom. The van der Waals surface area contributed by atoms with Gasteiger partial charge < -0.3 is 10.4 Å². The van der Waals surface area contributed by atoms with Crippen molar-refractivity contribution in [3.8, 4) is 0 Å². The number of rotatable bonds is 5. The summed E-state index contributed by atoms with van der Waals surface area (Å²) in [6, 6.07) is 4.89. The molecule has 3 nitrogen and oxygen atoms in total. The molecule has 0 saturated heterocycles. The summed E-state index contributed by atoms with van der Waals surface area (Å²) in [4.78, 5) is 12.9. The minimum Gasteiger partial charge on any atom is -0.393 e. The van der Waals surface area contributed by atoms with Crippen molar-refractivity contribution in [2.75, 3.05) is 6.54 Å². The van der Waals surface area contributed by atoms with Gasteiger partial charge in [0, 0.05) is 16.6 Å². The molecular formula is C17H22FNO2S. The quantitative estimate of drug-likeness (QED) is 0.877. The summed E-state index contributed by atoms with van der Waals surface area (Å²) in [6.07, 6.45) is 0.194. The molecule has 0 saturated carbocycles. The van der Waals surface area contributed by atoms with E-state index < -0.39 is 6.10 Å². The van der Waals surface area contributed by atoms with E-state index in [-0.39, 0.29) is 17.1 Å². The number of halogens is 1. The highest BCUT2D eigenvalue weighted by Crippen LogP contribution is 2.32. The molecular weight excluding hydrogens is 301 g/mol. The van der Waals surface area contributed by atoms with E-state index in [1.165, 1.54) is 17.4 Å². The van der Waals surface area contributed by atoms with E-state index in [4.69, 9.17) is 0 Å². The third kappa shape index (κ3) is 3.65. The van der Waals surface area contributed by atoms with Crippen LogP contribution in [0.1, 0.15) is 42.4 Å². The zero-order valence-corrected chi connectivity index (χ0v) is 14.2. The van der Waals surface area contributed by atoms with E-state index in [1.54, 1.807) is 19.9 Å². The molecule has 5 heteroatoms. The number of thiophene rings is 1. The number of hydrogen-bond donors (Lipinski definition) is 2. The number of carbonyl (C=O) groups excluding carboxylic acids is 1. The Morgan fingerprint density at radius 3 is 2.73 bits per heavy atom. The molecule has 0 aliphatic carbocycles. The van der Waals surface area contributed by atoms with Crippen molar-refractivity contribution in [2.24, 2.45) is 5.41 Å². The van der Waals surface area contributed by atoms with Crippen LogP contribution >= 0.6 is 11.3 Å². The van der Waals surface area contributed by atoms with Crippen LogP contribution in [0.4, 0.5) is 4.39 Å². The number of hydrogen-bond acceptors (Lipinski definition) is 3. The lowest BCUT2D eigenvalue weighted by atomic mass is 9.87. The zero-order chi connectivity index (χ0) is 16.5. The lowest BCUT2D eigenvalue weighted by Crippen LogP contribution is -2.35. The second-order valence-corrected chi connectivity index (χ2v) is 7.62. The zero-order valence-electron chi connectivity index (χ0n) is 13.4. The highest BCUT2D eigenvalue weighted by molar-refractivity contribution is 7.21. The van der Waals surface area contributed by atoms with Gasteiger partial charge in [-0.05, 0) is 43.4 Å². The molecule has 1 atom stereocenters. The van der Waals surface area contributed by atoms with Gasteiger partial charge in [0.2, 0.25) is 0 Å². The smallest absolute Gasteiger partial charge is 0.261 e. The van der Waals surface area contributed by atoms with Crippen molar-refractivity contribution >= 4 is 27.3 Å². The molecule has 22 heavy (non-hydrogen) atoms. The minimum absolute atomic E-state index is 0.184. The first-order chi connectivity index (χ1) is 10.2. The number of carbonyl (C=O) groups is 1. The molecule has 1 amide bonds. The van der Waals surface area contributed by atoms with Crippen LogP contribution in [-0.2, 0) is 0 Å². The van der Waals surface area contributed by atoms with Gasteiger partial charge in [-0.15, -0.1) is 11.3 Å². The molecule has 1 aromatic heterocycles. The molecule has 1 unspecified atom stereocenters. The Labute approximate surface area is 134 Å². The first kappa shape index (κ1) is 16.9. The molecule has 0 bridgehead atoms. The lowest BCUT2D eigenvalue weighted by Gasteiger charge is -2.26. The predicted octanol–water partition coefficient (Wildman–Crippen LogP) is 3.88. The Balaban J connectivity index is 2.17. The normalized spacial score (nSPS) is 13.4. The first-order valence-corrected chi connectivity index (χ1v) is 8.17. The number of nitrogens with one attached hydrogen (secondary N) is 1. The fourth-order valence-corrected chi connectivity index (χ4v) is 3.88. The molecule has 1 aromatic carbocycles. The second kappa shape index (κ2) is 6.34. The largest absolute Gasteiger partial charge is 0.393 e. The summed E-state index contributed by atoms with van der Waals surface area (Å²) in [5, 5.41) is 12.9. The summed E-state index contributed by atoms with van der Waals surface area (Å²) < 4.78 is 14.7. The molecule has 0 aliphatic heterocycles. The number of amides is 1. The fraction of sp³-hybridized carbons (Fsp3) is 0.471. The second-order valence-electron chi connectivity index (χ2n) is 6.57. The van der Waals surface area contributed by atoms with Crippen LogP contribution in [0.15, 0.2) is 18.2 Å². The van der Waals surface area contributed by atoms with Crippen LogP contribution in [0.2, 0.25) is 0 Å². The maximum Gasteiger partial charge on any atom is 0.261 e. The van der Waals surface area contributed by atoms with Gasteiger partial charge in [0.15, 0.2) is 0 Å². The van der Waals surface area contributed by atoms with Gasteiger partial charge in [-0.3, -0.25) is 4.79 Å². The van der Waals surface area contributed by atoms with Crippen LogP contribution < -0.4 is 5.32 Å². The van der Waals surface area contributed by atoms with Crippen molar-refractivity contribution in [3.05, 3.63) is 34.5 Å². The van der Waals surface area contributed by atoms with Crippen LogP contribution in [0.3, 0.4) is 0 Å². The highest BCUT2D eigenvalue weighted by Gasteiger charge is 2.23. The van der Waals surface area contributed by atoms with Crippen LogP contribution in [0, 0.1) is 18.2 Å². The molecule has 0 fully saturated rings. The third-order valence-electron chi connectivity index (χ3n) is 3.68. The molecule has 2 aromatic rings. The van der Waals surface area contributed by atoms with Gasteiger partial charge in [-0.25, -0.2) is 4.39 Å². The first-order valence-electron chi connectivity index (χ1n) is 7.35. The van der Waals surface area contributed by atoms with Crippen molar-refractivity contribution in [1.29, 1.82) is 0 Å². The maximum atomic E-state index is 13.9. The van der Waals surface area contributed by atoms with Gasteiger partial charge in [-0.2, -0.15) is 0 Å². The Bertz CT molecular complexity index is 691. The topological polar surface area (TPSA) is 49.3 Å². The lowest BCUT2D eigenvalue weighted by molar-refractivity contribution is 0.0905. The SMILES string of the molecule is Cc1c(C(=O)NCC(C)(C)CC(C)O)sc2cccc(F)c12. The van der Waals surface area contributed by atoms with Gasteiger partial charge >= 0.3 is 0 Å². The average Bonchev–Trinajstić information content (AvgIpc) is 2.73. The van der Waals surface area contributed by atoms with E-state index in [1.807, 2.05) is 19.9 Å². The Morgan fingerprint density at radius 2 is 2.14 bits per heavy atom. The predicted molar refractivity (Wildman–Crippen MR) is 88.9 cm³/mol. The third-order valence-corrected chi connectivity index (χ3v) is 4.94. The van der Waals surface area contributed by atoms with Gasteiger partial charge in [0.25, 0.3) is 5.91 Å². The molecule has 0 spiro atoms. The molecule has 120 valence electrons. The van der Waals surface area contributed by atoms with Crippen molar-refractivity contribution in [3.63, 3.8) is 0 Å². The molecule has 1 heterocycles. The van der Waals surface area contributed by atoms with Crippen molar-refractivity contribution in [1.82, 2.24) is 5.32 Å². The van der Waals surface area contributed by atoms with E-state index in [9.17, 15) is 14.3 Å². The monoisotopic (exact) mass is 323 g/mol. The van der Waals surface area contributed by atoms with Gasteiger partial charge in [0.05, 0.1) is 11.0 Å². The highest BCUT2D eigenvalue weighted by atomic mass is 32.1. The average molecular weight is 323 g/mol. The number of fused-ring (bicyclic) bond motifs is 1. The van der Waals surface area contributed by atoms with E-state index in [0.29, 0.717) is 28.8 Å². The van der Waals surface area contributed by atoms with Gasteiger partial charge in [-0.1, -0.05) is 19.9 Å². The van der Waals surface area contributed by atoms with Gasteiger partial charge in [0.1, 0.15) is 5.82 Å². The minimum atomic E-state index is -0.410. The number of aliphatic hydroxyl groups is 1. The number of aliphatic hydroxyl groups excluding tert-OH is 1. The number of aryl methyl sites for hydroxylation is 1. The van der Waals surface area contributed by atoms with Crippen molar-refractivity contribution < 1.29 is 14.3 Å². The Hall–Kier alpha value is -1.46. The summed E-state index contributed by atoms with van der Waals surface area (Å²) in [5.41, 5.74) is 0.489. The molecule has 0 radical (unpaired) electrons. The van der Waals surface area contributed by atoms with E-state index in [0.717, 1.165) is 4.70 Å². The van der Waals surface area contributed by atoms with Crippen LogP contribution in [0.5, 0.6) is 0 Å². The standard InChI is InChI=1S/C17H22FNO2S/c1-10(20)8-17(3,4)9-19-16(21)15-11(2)14-12(18)6-5-7-13(14)22-15/h5-7,10,20H,8-9H2,1-4H3,(H,19,21). The van der Waals surface area contributed by atoms with E-state index >= 15 is 0 Å². The van der Waals surface area contributed by atoms with Crippen molar-refractivity contribution in [2.45, 2.75) is 40.2 Å². The molecule has 2 N–H and O–H groups in total. The maximum absolute atomic E-state index is 13.9. The molecule has 0 aliphatic rings. The summed E-state index contributed by atoms with van der Waals surface area (Å²) >= 11 is 1.31. The molecule has 2 rings (SSSR count). The number of benzene rings is 1. The fourth-order valence-electron chi connectivity index (χ4n) is 2.74. The summed E-state index contributed by atoms with van der Waals surface area (Å²) in [7, 11) is 0. The van der Waals surface area contributed by atoms with E-state index in [2.05, 4.69) is 5.32 Å². The Kier molecular flexibility index (Phi) is 4.87. The summed E-state index contributed by atoms with van der Waals surface area (Å²) in [6.45, 7) is 7.97. The summed E-state index contributed by atoms with van der Waals surface area (Å²) in [5.74, 6) is -0.475. The van der Waals surface area contributed by atoms with Crippen LogP contribution in [-0.4, -0.2) is 23.7 Å².